The van der Waals surface area contributed by atoms with E-state index in [0.29, 0.717) is 12.8 Å². The number of hydrogen-bond donors (Lipinski definition) is 1. The smallest absolute Gasteiger partial charge is 0.224 e. The Labute approximate surface area is 83.9 Å². The zero-order valence-electron chi connectivity index (χ0n) is 7.77. The second kappa shape index (κ2) is 4.65. The largest absolute Gasteiger partial charge is 0.321 e. The van der Waals surface area contributed by atoms with Gasteiger partial charge in [0.2, 0.25) is 5.91 Å². The summed E-state index contributed by atoms with van der Waals surface area (Å²) in [6.45, 7) is 2.04. The molecule has 1 heterocycles. The molecule has 0 saturated carbocycles. The van der Waals surface area contributed by atoms with E-state index >= 15 is 0 Å². The summed E-state index contributed by atoms with van der Waals surface area (Å²) >= 11 is 4.32. The highest BCUT2D eigenvalue weighted by Crippen LogP contribution is 2.24. The van der Waals surface area contributed by atoms with Gasteiger partial charge in [-0.25, -0.2) is 0 Å². The normalized spacial score (nSPS) is 24.9. The van der Waals surface area contributed by atoms with Crippen LogP contribution in [0.15, 0.2) is 0 Å². The van der Waals surface area contributed by atoms with Gasteiger partial charge in [-0.3, -0.25) is 4.79 Å². The molecule has 1 aliphatic rings. The summed E-state index contributed by atoms with van der Waals surface area (Å²) in [5.74, 6) is 0.0607. The maximum atomic E-state index is 11.4. The van der Waals surface area contributed by atoms with Crippen LogP contribution in [0.3, 0.4) is 0 Å². The molecule has 0 bridgehead atoms. The summed E-state index contributed by atoms with van der Waals surface area (Å²) in [5.41, 5.74) is 0. The van der Waals surface area contributed by atoms with E-state index in [4.69, 9.17) is 0 Å². The summed E-state index contributed by atoms with van der Waals surface area (Å²) in [6.07, 6.45) is 3.82. The molecule has 4 heteroatoms. The van der Waals surface area contributed by atoms with Crippen molar-refractivity contribution < 1.29 is 9.59 Å². The molecule has 0 aromatic rings. The molecule has 1 saturated heterocycles. The highest BCUT2D eigenvalue weighted by molar-refractivity contribution is 7.80. The average molecular weight is 201 g/mol. The Bertz CT molecular complexity index is 208. The zero-order chi connectivity index (χ0) is 9.84. The van der Waals surface area contributed by atoms with Gasteiger partial charge in [-0.2, -0.15) is 12.6 Å². The standard InChI is InChI=1S/C9H15NO2S/c1-2-3-9(13)10-7(6-11)4-5-8(10)12/h6-7,9,13H,2-5H2,1H3/t7-,9?/m1/s1. The Kier molecular flexibility index (Phi) is 3.78. The van der Waals surface area contributed by atoms with Crippen molar-refractivity contribution in [2.45, 2.75) is 44.0 Å². The van der Waals surface area contributed by atoms with Crippen LogP contribution in [0.4, 0.5) is 0 Å². The lowest BCUT2D eigenvalue weighted by Crippen LogP contribution is -2.39. The van der Waals surface area contributed by atoms with Gasteiger partial charge >= 0.3 is 0 Å². The third kappa shape index (κ3) is 2.24. The Morgan fingerprint density at radius 1 is 1.77 bits per heavy atom. The molecular weight excluding hydrogens is 186 g/mol. The summed E-state index contributed by atoms with van der Waals surface area (Å²) in [7, 11) is 0. The summed E-state index contributed by atoms with van der Waals surface area (Å²) in [4.78, 5) is 23.6. The van der Waals surface area contributed by atoms with Crippen molar-refractivity contribution in [1.82, 2.24) is 4.90 Å². The Morgan fingerprint density at radius 3 is 3.00 bits per heavy atom. The quantitative estimate of drug-likeness (QED) is 0.549. The van der Waals surface area contributed by atoms with Crippen molar-refractivity contribution in [3.05, 3.63) is 0 Å². The molecule has 1 unspecified atom stereocenters. The average Bonchev–Trinajstić information content (AvgIpc) is 2.47. The minimum absolute atomic E-state index is 0.0607. The van der Waals surface area contributed by atoms with Crippen molar-refractivity contribution in [1.29, 1.82) is 0 Å². The van der Waals surface area contributed by atoms with Gasteiger partial charge in [-0.05, 0) is 12.8 Å². The molecule has 0 aromatic heterocycles. The molecule has 1 aliphatic heterocycles. The Hall–Kier alpha value is -0.510. The topological polar surface area (TPSA) is 37.4 Å². The Morgan fingerprint density at radius 2 is 2.46 bits per heavy atom. The number of rotatable bonds is 4. The molecule has 1 amide bonds. The molecule has 74 valence electrons. The van der Waals surface area contributed by atoms with Gasteiger partial charge in [0.05, 0.1) is 11.4 Å². The van der Waals surface area contributed by atoms with Gasteiger partial charge in [0.25, 0.3) is 0 Å². The molecule has 0 N–H and O–H groups in total. The van der Waals surface area contributed by atoms with E-state index in [-0.39, 0.29) is 17.3 Å². The first-order valence-corrected chi connectivity index (χ1v) is 5.16. The first kappa shape index (κ1) is 10.6. The van der Waals surface area contributed by atoms with Gasteiger partial charge < -0.3 is 9.69 Å². The summed E-state index contributed by atoms with van der Waals surface area (Å²) in [5, 5.41) is -0.0878. The maximum absolute atomic E-state index is 11.4. The van der Waals surface area contributed by atoms with Crippen molar-refractivity contribution in [2.75, 3.05) is 0 Å². The number of aldehydes is 1. The number of likely N-dealkylation sites (tertiary alicyclic amines) is 1. The van der Waals surface area contributed by atoms with Crippen LogP contribution in [-0.4, -0.2) is 28.5 Å². The SMILES string of the molecule is CCCC(S)N1C(=O)CC[C@@H]1C=O. The second-order valence-corrected chi connectivity index (χ2v) is 3.91. The molecule has 2 atom stereocenters. The van der Waals surface area contributed by atoms with Crippen LogP contribution in [0, 0.1) is 0 Å². The molecule has 13 heavy (non-hydrogen) atoms. The van der Waals surface area contributed by atoms with E-state index < -0.39 is 0 Å². The Balaban J connectivity index is 2.62. The molecule has 1 rings (SSSR count). The molecule has 0 aliphatic carbocycles. The minimum Gasteiger partial charge on any atom is -0.321 e. The number of thiol groups is 1. The van der Waals surface area contributed by atoms with Crippen LogP contribution in [-0.2, 0) is 9.59 Å². The van der Waals surface area contributed by atoms with Gasteiger partial charge in [0, 0.05) is 6.42 Å². The van der Waals surface area contributed by atoms with Crippen LogP contribution >= 0.6 is 12.6 Å². The van der Waals surface area contributed by atoms with E-state index in [1.807, 2.05) is 6.92 Å². The lowest BCUT2D eigenvalue weighted by molar-refractivity contribution is -0.131. The van der Waals surface area contributed by atoms with Crippen LogP contribution in [0.1, 0.15) is 32.6 Å². The number of nitrogens with zero attached hydrogens (tertiary/aromatic N) is 1. The van der Waals surface area contributed by atoms with Crippen molar-refractivity contribution in [3.8, 4) is 0 Å². The van der Waals surface area contributed by atoms with E-state index in [2.05, 4.69) is 12.6 Å². The third-order valence-electron chi connectivity index (χ3n) is 2.32. The highest BCUT2D eigenvalue weighted by Gasteiger charge is 2.33. The predicted molar refractivity (Wildman–Crippen MR) is 53.6 cm³/mol. The molecule has 0 radical (unpaired) electrons. The molecule has 3 nitrogen and oxygen atoms in total. The number of carbonyl (C=O) groups is 2. The first-order valence-electron chi connectivity index (χ1n) is 4.65. The van der Waals surface area contributed by atoms with E-state index in [9.17, 15) is 9.59 Å². The fourth-order valence-corrected chi connectivity index (χ4v) is 2.20. The number of hydrogen-bond acceptors (Lipinski definition) is 3. The fourth-order valence-electron chi connectivity index (χ4n) is 1.64. The molecule has 1 fully saturated rings. The third-order valence-corrected chi connectivity index (χ3v) is 2.83. The van der Waals surface area contributed by atoms with Gasteiger partial charge in [0.1, 0.15) is 6.29 Å². The summed E-state index contributed by atoms with van der Waals surface area (Å²) < 4.78 is 0. The lowest BCUT2D eigenvalue weighted by Gasteiger charge is -2.26. The first-order chi connectivity index (χ1) is 6.20. The number of carbonyl (C=O) groups excluding carboxylic acids is 2. The lowest BCUT2D eigenvalue weighted by atomic mass is 10.2. The van der Waals surface area contributed by atoms with E-state index in [1.165, 1.54) is 0 Å². The molecule has 0 spiro atoms. The summed E-state index contributed by atoms with van der Waals surface area (Å²) in [6, 6.07) is -0.235. The zero-order valence-corrected chi connectivity index (χ0v) is 8.67. The van der Waals surface area contributed by atoms with E-state index in [0.717, 1.165) is 19.1 Å². The number of amides is 1. The van der Waals surface area contributed by atoms with E-state index in [1.54, 1.807) is 4.90 Å². The van der Waals surface area contributed by atoms with Crippen molar-refractivity contribution in [3.63, 3.8) is 0 Å². The predicted octanol–water partition coefficient (Wildman–Crippen LogP) is 1.23. The van der Waals surface area contributed by atoms with Crippen LogP contribution in [0.5, 0.6) is 0 Å². The van der Waals surface area contributed by atoms with Crippen LogP contribution in [0.2, 0.25) is 0 Å². The van der Waals surface area contributed by atoms with Gasteiger partial charge in [-0.1, -0.05) is 13.3 Å². The van der Waals surface area contributed by atoms with Gasteiger partial charge in [0.15, 0.2) is 0 Å². The second-order valence-electron chi connectivity index (χ2n) is 3.31. The molecular formula is C9H15NO2S. The van der Waals surface area contributed by atoms with Gasteiger partial charge in [-0.15, -0.1) is 0 Å². The monoisotopic (exact) mass is 201 g/mol. The van der Waals surface area contributed by atoms with Crippen molar-refractivity contribution in [2.24, 2.45) is 0 Å². The maximum Gasteiger partial charge on any atom is 0.224 e. The van der Waals surface area contributed by atoms with Crippen molar-refractivity contribution >= 4 is 24.8 Å². The van der Waals surface area contributed by atoms with Crippen LogP contribution in [0.25, 0.3) is 0 Å². The molecule has 0 aromatic carbocycles. The van der Waals surface area contributed by atoms with Crippen LogP contribution < -0.4 is 0 Å². The fraction of sp³-hybridized carbons (Fsp3) is 0.778. The highest BCUT2D eigenvalue weighted by atomic mass is 32.1. The minimum atomic E-state index is -0.235.